The molecule has 21 heavy (non-hydrogen) atoms. The summed E-state index contributed by atoms with van der Waals surface area (Å²) in [6.45, 7) is 1.40. The molecular formula is C15H18N4O2. The van der Waals surface area contributed by atoms with Crippen LogP contribution in [0.1, 0.15) is 19.3 Å². The molecule has 6 heteroatoms. The molecule has 2 aromatic heterocycles. The summed E-state index contributed by atoms with van der Waals surface area (Å²) < 4.78 is 2.08. The highest BCUT2D eigenvalue weighted by Crippen LogP contribution is 2.12. The monoisotopic (exact) mass is 286 g/mol. The van der Waals surface area contributed by atoms with Gasteiger partial charge in [0.15, 0.2) is 0 Å². The van der Waals surface area contributed by atoms with Crippen molar-refractivity contribution in [3.05, 3.63) is 30.6 Å². The van der Waals surface area contributed by atoms with E-state index in [0.29, 0.717) is 19.4 Å². The van der Waals surface area contributed by atoms with Crippen LogP contribution in [0, 0.1) is 0 Å². The van der Waals surface area contributed by atoms with Gasteiger partial charge in [-0.1, -0.05) is 0 Å². The third-order valence-corrected chi connectivity index (χ3v) is 3.71. The van der Waals surface area contributed by atoms with E-state index < -0.39 is 0 Å². The maximum atomic E-state index is 11.8. The summed E-state index contributed by atoms with van der Waals surface area (Å²) in [5.74, 6) is -0.128. The van der Waals surface area contributed by atoms with Crippen LogP contribution < -0.4 is 10.6 Å². The predicted molar refractivity (Wildman–Crippen MR) is 78.5 cm³/mol. The molecule has 2 aromatic rings. The topological polar surface area (TPSA) is 76.0 Å². The van der Waals surface area contributed by atoms with Crippen LogP contribution >= 0.6 is 0 Å². The van der Waals surface area contributed by atoms with Gasteiger partial charge in [0.05, 0.1) is 0 Å². The van der Waals surface area contributed by atoms with Crippen molar-refractivity contribution in [2.75, 3.05) is 6.54 Å². The van der Waals surface area contributed by atoms with Gasteiger partial charge in [-0.15, -0.1) is 0 Å². The minimum Gasteiger partial charge on any atom is -0.354 e. The fraction of sp³-hybridized carbons (Fsp3) is 0.400. The predicted octanol–water partition coefficient (Wildman–Crippen LogP) is 0.821. The fourth-order valence-electron chi connectivity index (χ4n) is 2.60. The number of carbonyl (C=O) groups excluding carboxylic acids is 2. The number of aryl methyl sites for hydroxylation is 1. The molecule has 0 spiro atoms. The van der Waals surface area contributed by atoms with Gasteiger partial charge in [0.2, 0.25) is 11.8 Å². The summed E-state index contributed by atoms with van der Waals surface area (Å²) in [4.78, 5) is 27.2. The van der Waals surface area contributed by atoms with Crippen molar-refractivity contribution in [2.24, 2.45) is 0 Å². The van der Waals surface area contributed by atoms with Crippen molar-refractivity contribution < 1.29 is 9.59 Å². The van der Waals surface area contributed by atoms with Crippen molar-refractivity contribution in [3.8, 4) is 0 Å². The van der Waals surface area contributed by atoms with Crippen LogP contribution in [0.3, 0.4) is 0 Å². The van der Waals surface area contributed by atoms with Crippen LogP contribution in [-0.4, -0.2) is 34.0 Å². The van der Waals surface area contributed by atoms with E-state index in [1.165, 1.54) is 0 Å². The van der Waals surface area contributed by atoms with Crippen LogP contribution in [0.4, 0.5) is 0 Å². The van der Waals surface area contributed by atoms with Crippen LogP contribution in [0.2, 0.25) is 0 Å². The van der Waals surface area contributed by atoms with Gasteiger partial charge in [-0.25, -0.2) is 4.98 Å². The molecule has 1 aliphatic heterocycles. The van der Waals surface area contributed by atoms with Gasteiger partial charge in [0.25, 0.3) is 0 Å². The molecule has 6 nitrogen and oxygen atoms in total. The normalized spacial score (nSPS) is 17.9. The highest BCUT2D eigenvalue weighted by Gasteiger charge is 2.26. The molecule has 2 amide bonds. The first-order valence-electron chi connectivity index (χ1n) is 7.21. The lowest BCUT2D eigenvalue weighted by molar-refractivity contribution is -0.125. The molecule has 110 valence electrons. The average molecular weight is 286 g/mol. The van der Waals surface area contributed by atoms with Gasteiger partial charge in [-0.05, 0) is 31.0 Å². The number of carbonyl (C=O) groups is 2. The number of nitrogens with one attached hydrogen (secondary N) is 2. The van der Waals surface area contributed by atoms with Gasteiger partial charge < -0.3 is 15.2 Å². The zero-order chi connectivity index (χ0) is 14.7. The number of rotatable bonds is 5. The largest absolute Gasteiger partial charge is 0.354 e. The van der Waals surface area contributed by atoms with Crippen molar-refractivity contribution >= 4 is 22.8 Å². The van der Waals surface area contributed by atoms with E-state index in [9.17, 15) is 9.59 Å². The maximum Gasteiger partial charge on any atom is 0.242 e. The lowest BCUT2D eigenvalue weighted by atomic mass is 10.2. The second-order valence-corrected chi connectivity index (χ2v) is 5.23. The Kier molecular flexibility index (Phi) is 3.85. The van der Waals surface area contributed by atoms with Crippen LogP contribution in [0.15, 0.2) is 30.6 Å². The first kappa shape index (κ1) is 13.6. The zero-order valence-electron chi connectivity index (χ0n) is 11.7. The molecule has 0 saturated carbocycles. The number of pyridine rings is 1. The Morgan fingerprint density at radius 2 is 2.38 bits per heavy atom. The first-order chi connectivity index (χ1) is 10.2. The van der Waals surface area contributed by atoms with E-state index in [0.717, 1.165) is 24.0 Å². The van der Waals surface area contributed by atoms with Crippen LogP contribution in [-0.2, 0) is 16.1 Å². The van der Waals surface area contributed by atoms with Gasteiger partial charge in [0, 0.05) is 37.3 Å². The summed E-state index contributed by atoms with van der Waals surface area (Å²) >= 11 is 0. The lowest BCUT2D eigenvalue weighted by Crippen LogP contribution is -2.42. The molecule has 3 heterocycles. The van der Waals surface area contributed by atoms with Gasteiger partial charge >= 0.3 is 0 Å². The SMILES string of the molecule is O=C1CCC(C(=O)NCCCn2ccc3cccnc32)N1. The minimum atomic E-state index is -0.355. The second kappa shape index (κ2) is 5.95. The highest BCUT2D eigenvalue weighted by molar-refractivity contribution is 5.90. The third-order valence-electron chi connectivity index (χ3n) is 3.71. The highest BCUT2D eigenvalue weighted by atomic mass is 16.2. The van der Waals surface area contributed by atoms with E-state index in [4.69, 9.17) is 0 Å². The molecule has 0 aromatic carbocycles. The van der Waals surface area contributed by atoms with Crippen LogP contribution in [0.5, 0.6) is 0 Å². The molecule has 1 atom stereocenters. The van der Waals surface area contributed by atoms with E-state index >= 15 is 0 Å². The zero-order valence-corrected chi connectivity index (χ0v) is 11.7. The number of amides is 2. The summed E-state index contributed by atoms with van der Waals surface area (Å²) in [5.41, 5.74) is 0.965. The van der Waals surface area contributed by atoms with Crippen molar-refractivity contribution in [2.45, 2.75) is 31.8 Å². The summed E-state index contributed by atoms with van der Waals surface area (Å²) in [7, 11) is 0. The molecule has 0 aliphatic carbocycles. The quantitative estimate of drug-likeness (QED) is 0.799. The Morgan fingerprint density at radius 3 is 3.19 bits per heavy atom. The fourth-order valence-corrected chi connectivity index (χ4v) is 2.60. The Bertz CT molecular complexity index is 664. The number of hydrogen-bond donors (Lipinski definition) is 2. The van der Waals surface area contributed by atoms with Crippen molar-refractivity contribution in [1.82, 2.24) is 20.2 Å². The standard InChI is InChI=1S/C15H18N4O2/c20-13-5-4-12(18-13)15(21)17-8-2-9-19-10-6-11-3-1-7-16-14(11)19/h1,3,6-7,10,12H,2,4-5,8-9H2,(H,17,21)(H,18,20). The van der Waals surface area contributed by atoms with Gasteiger partial charge in [-0.3, -0.25) is 9.59 Å². The molecule has 1 aliphatic rings. The van der Waals surface area contributed by atoms with Gasteiger partial charge in [0.1, 0.15) is 11.7 Å². The number of aromatic nitrogens is 2. The average Bonchev–Trinajstić information content (AvgIpc) is 3.10. The summed E-state index contributed by atoms with van der Waals surface area (Å²) in [6, 6.07) is 5.63. The van der Waals surface area contributed by atoms with E-state index in [-0.39, 0.29) is 17.9 Å². The minimum absolute atomic E-state index is 0.0416. The second-order valence-electron chi connectivity index (χ2n) is 5.23. The number of fused-ring (bicyclic) bond motifs is 1. The molecule has 1 fully saturated rings. The molecular weight excluding hydrogens is 268 g/mol. The first-order valence-corrected chi connectivity index (χ1v) is 7.21. The summed E-state index contributed by atoms with van der Waals surface area (Å²) in [6.07, 6.45) is 5.66. The van der Waals surface area contributed by atoms with Crippen molar-refractivity contribution in [1.29, 1.82) is 0 Å². The maximum absolute atomic E-state index is 11.8. The van der Waals surface area contributed by atoms with Crippen molar-refractivity contribution in [3.63, 3.8) is 0 Å². The molecule has 0 bridgehead atoms. The smallest absolute Gasteiger partial charge is 0.242 e. The number of nitrogens with zero attached hydrogens (tertiary/aromatic N) is 2. The van der Waals surface area contributed by atoms with E-state index in [1.54, 1.807) is 6.20 Å². The molecule has 2 N–H and O–H groups in total. The van der Waals surface area contributed by atoms with Gasteiger partial charge in [-0.2, -0.15) is 0 Å². The third kappa shape index (κ3) is 3.04. The molecule has 3 rings (SSSR count). The summed E-state index contributed by atoms with van der Waals surface area (Å²) in [5, 5.41) is 6.65. The number of hydrogen-bond acceptors (Lipinski definition) is 3. The van der Waals surface area contributed by atoms with E-state index in [2.05, 4.69) is 20.2 Å². The molecule has 1 saturated heterocycles. The Labute approximate surface area is 122 Å². The van der Waals surface area contributed by atoms with E-state index in [1.807, 2.05) is 24.4 Å². The van der Waals surface area contributed by atoms with Crippen LogP contribution in [0.25, 0.3) is 11.0 Å². The Hall–Kier alpha value is -2.37. The lowest BCUT2D eigenvalue weighted by Gasteiger charge is -2.11. The Morgan fingerprint density at radius 1 is 1.48 bits per heavy atom. The molecule has 0 radical (unpaired) electrons. The molecule has 1 unspecified atom stereocenters. The Balaban J connectivity index is 1.46.